The van der Waals surface area contributed by atoms with Crippen LogP contribution in [0.2, 0.25) is 0 Å². The fourth-order valence-electron chi connectivity index (χ4n) is 1.31. The first kappa shape index (κ1) is 11.3. The van der Waals surface area contributed by atoms with Gasteiger partial charge in [0.1, 0.15) is 6.29 Å². The van der Waals surface area contributed by atoms with Crippen LogP contribution in [0.15, 0.2) is 29.2 Å². The molecular formula is C12H16OS. The molecule has 0 saturated heterocycles. The number of benzene rings is 1. The minimum absolute atomic E-state index is 0.664. The van der Waals surface area contributed by atoms with Crippen molar-refractivity contribution in [3.05, 3.63) is 29.8 Å². The second-order valence-electron chi connectivity index (χ2n) is 3.25. The summed E-state index contributed by atoms with van der Waals surface area (Å²) < 4.78 is 0. The fraction of sp³-hybridized carbons (Fsp3) is 0.417. The lowest BCUT2D eigenvalue weighted by molar-refractivity contribution is 0.112. The van der Waals surface area contributed by atoms with E-state index >= 15 is 0 Å². The Labute approximate surface area is 89.9 Å². The first-order chi connectivity index (χ1) is 6.80. The molecule has 0 aromatic heterocycles. The van der Waals surface area contributed by atoms with Gasteiger partial charge >= 0.3 is 0 Å². The third-order valence-corrected chi connectivity index (χ3v) is 3.73. The number of aldehydes is 1. The summed E-state index contributed by atoms with van der Waals surface area (Å²) >= 11 is 1.86. The van der Waals surface area contributed by atoms with Gasteiger partial charge < -0.3 is 0 Å². The van der Waals surface area contributed by atoms with Gasteiger partial charge in [0.25, 0.3) is 0 Å². The van der Waals surface area contributed by atoms with Crippen LogP contribution in [-0.4, -0.2) is 11.5 Å². The first-order valence-corrected chi connectivity index (χ1v) is 5.90. The summed E-state index contributed by atoms with van der Waals surface area (Å²) in [6, 6.07) is 7.80. The van der Waals surface area contributed by atoms with E-state index in [0.29, 0.717) is 5.25 Å². The molecule has 0 spiro atoms. The van der Waals surface area contributed by atoms with Crippen molar-refractivity contribution in [2.45, 2.75) is 36.8 Å². The number of hydrogen-bond acceptors (Lipinski definition) is 2. The van der Waals surface area contributed by atoms with Crippen molar-refractivity contribution in [1.82, 2.24) is 0 Å². The van der Waals surface area contributed by atoms with Gasteiger partial charge in [0.2, 0.25) is 0 Å². The van der Waals surface area contributed by atoms with Crippen LogP contribution in [0.3, 0.4) is 0 Å². The topological polar surface area (TPSA) is 17.1 Å². The van der Waals surface area contributed by atoms with Crippen LogP contribution in [-0.2, 0) is 0 Å². The predicted molar refractivity (Wildman–Crippen MR) is 62.1 cm³/mol. The molecule has 0 unspecified atom stereocenters. The first-order valence-electron chi connectivity index (χ1n) is 5.02. The van der Waals surface area contributed by atoms with E-state index in [-0.39, 0.29) is 0 Å². The molecular weight excluding hydrogens is 192 g/mol. The molecule has 1 rings (SSSR count). The monoisotopic (exact) mass is 208 g/mol. The molecule has 0 N–H and O–H groups in total. The number of carbonyl (C=O) groups is 1. The van der Waals surface area contributed by atoms with Gasteiger partial charge in [-0.05, 0) is 25.0 Å². The Bertz CT molecular complexity index is 292. The van der Waals surface area contributed by atoms with Gasteiger partial charge in [-0.1, -0.05) is 26.0 Å². The third kappa shape index (κ3) is 3.18. The van der Waals surface area contributed by atoms with Gasteiger partial charge in [-0.2, -0.15) is 0 Å². The van der Waals surface area contributed by atoms with Crippen LogP contribution in [0, 0.1) is 0 Å². The van der Waals surface area contributed by atoms with Crippen molar-refractivity contribution >= 4 is 18.0 Å². The predicted octanol–water partition coefficient (Wildman–Crippen LogP) is 3.78. The molecule has 1 aromatic carbocycles. The smallest absolute Gasteiger partial charge is 0.150 e. The summed E-state index contributed by atoms with van der Waals surface area (Å²) in [7, 11) is 0. The van der Waals surface area contributed by atoms with E-state index < -0.39 is 0 Å². The molecule has 1 aromatic rings. The summed E-state index contributed by atoms with van der Waals surface area (Å²) in [5, 5.41) is 0.664. The van der Waals surface area contributed by atoms with E-state index in [1.165, 1.54) is 17.7 Å². The number of carbonyl (C=O) groups excluding carboxylic acids is 1. The van der Waals surface area contributed by atoms with Gasteiger partial charge in [-0.3, -0.25) is 4.79 Å². The quantitative estimate of drug-likeness (QED) is 0.541. The maximum absolute atomic E-state index is 10.6. The normalized spacial score (nSPS) is 10.5. The molecule has 1 nitrogen and oxygen atoms in total. The molecule has 0 radical (unpaired) electrons. The molecule has 0 aliphatic heterocycles. The van der Waals surface area contributed by atoms with Crippen molar-refractivity contribution in [1.29, 1.82) is 0 Å². The van der Waals surface area contributed by atoms with Crippen molar-refractivity contribution in [3.63, 3.8) is 0 Å². The number of rotatable bonds is 5. The molecule has 0 heterocycles. The highest BCUT2D eigenvalue weighted by Gasteiger charge is 2.05. The van der Waals surface area contributed by atoms with Crippen molar-refractivity contribution in [3.8, 4) is 0 Å². The molecule has 0 bridgehead atoms. The van der Waals surface area contributed by atoms with Crippen LogP contribution < -0.4 is 0 Å². The molecule has 0 aliphatic rings. The highest BCUT2D eigenvalue weighted by atomic mass is 32.2. The van der Waals surface area contributed by atoms with Crippen molar-refractivity contribution in [2.24, 2.45) is 0 Å². The Hall–Kier alpha value is -0.760. The Morgan fingerprint density at radius 1 is 1.36 bits per heavy atom. The molecule has 0 fully saturated rings. The fourth-order valence-corrected chi connectivity index (χ4v) is 2.39. The minimum atomic E-state index is 0.664. The van der Waals surface area contributed by atoms with Gasteiger partial charge in [0, 0.05) is 15.7 Å². The Morgan fingerprint density at radius 2 is 2.07 bits per heavy atom. The lowest BCUT2D eigenvalue weighted by Crippen LogP contribution is -1.97. The summed E-state index contributed by atoms with van der Waals surface area (Å²) in [6.07, 6.45) is 3.25. The van der Waals surface area contributed by atoms with Crippen molar-refractivity contribution in [2.75, 3.05) is 0 Å². The molecule has 0 amide bonds. The molecule has 2 heteroatoms. The zero-order chi connectivity index (χ0) is 10.4. The van der Waals surface area contributed by atoms with E-state index in [9.17, 15) is 4.79 Å². The highest BCUT2D eigenvalue weighted by molar-refractivity contribution is 8.00. The van der Waals surface area contributed by atoms with E-state index in [1.54, 1.807) is 0 Å². The lowest BCUT2D eigenvalue weighted by Gasteiger charge is -2.11. The van der Waals surface area contributed by atoms with E-state index in [4.69, 9.17) is 0 Å². The molecule has 76 valence electrons. The second kappa shape index (κ2) is 5.86. The van der Waals surface area contributed by atoms with Gasteiger partial charge in [0.15, 0.2) is 0 Å². The molecule has 0 saturated carbocycles. The average Bonchev–Trinajstić information content (AvgIpc) is 2.26. The largest absolute Gasteiger partial charge is 0.298 e. The summed E-state index contributed by atoms with van der Waals surface area (Å²) in [4.78, 5) is 11.8. The molecule has 0 atom stereocenters. The Morgan fingerprint density at radius 3 is 2.64 bits per heavy atom. The summed E-state index contributed by atoms with van der Waals surface area (Å²) in [5.74, 6) is 0. The number of hydrogen-bond donors (Lipinski definition) is 0. The summed E-state index contributed by atoms with van der Waals surface area (Å²) in [5.41, 5.74) is 0.765. The maximum Gasteiger partial charge on any atom is 0.150 e. The second-order valence-corrected chi connectivity index (χ2v) is 4.62. The van der Waals surface area contributed by atoms with Gasteiger partial charge in [0.05, 0.1) is 0 Å². The van der Waals surface area contributed by atoms with Gasteiger partial charge in [-0.15, -0.1) is 11.8 Å². The zero-order valence-electron chi connectivity index (χ0n) is 8.69. The van der Waals surface area contributed by atoms with Crippen LogP contribution in [0.25, 0.3) is 0 Å². The Kier molecular flexibility index (Phi) is 4.74. The van der Waals surface area contributed by atoms with E-state index in [0.717, 1.165) is 11.8 Å². The molecule has 14 heavy (non-hydrogen) atoms. The Balaban J connectivity index is 2.70. The highest BCUT2D eigenvalue weighted by Crippen LogP contribution is 2.27. The van der Waals surface area contributed by atoms with Crippen LogP contribution in [0.1, 0.15) is 37.0 Å². The van der Waals surface area contributed by atoms with E-state index in [1.807, 2.05) is 30.0 Å². The summed E-state index contributed by atoms with van der Waals surface area (Å²) in [6.45, 7) is 4.40. The van der Waals surface area contributed by atoms with Crippen LogP contribution in [0.5, 0.6) is 0 Å². The minimum Gasteiger partial charge on any atom is -0.298 e. The number of thioether (sulfide) groups is 1. The molecule has 0 aliphatic carbocycles. The average molecular weight is 208 g/mol. The third-order valence-electron chi connectivity index (χ3n) is 2.21. The standard InChI is InChI=1S/C12H16OS/c1-3-11(4-2)14-12-7-5-6-10(8-12)9-13/h5-9,11H,3-4H2,1-2H3. The van der Waals surface area contributed by atoms with E-state index in [2.05, 4.69) is 19.9 Å². The maximum atomic E-state index is 10.6. The van der Waals surface area contributed by atoms with Gasteiger partial charge in [-0.25, -0.2) is 0 Å². The van der Waals surface area contributed by atoms with Crippen LogP contribution in [0.4, 0.5) is 0 Å². The van der Waals surface area contributed by atoms with Crippen molar-refractivity contribution < 1.29 is 4.79 Å². The zero-order valence-corrected chi connectivity index (χ0v) is 9.51. The lowest BCUT2D eigenvalue weighted by atomic mass is 10.2. The SMILES string of the molecule is CCC(CC)Sc1cccc(C=O)c1. The van der Waals surface area contributed by atoms with Crippen LogP contribution >= 0.6 is 11.8 Å².